The first-order chi connectivity index (χ1) is 11.5. The van der Waals surface area contributed by atoms with Gasteiger partial charge in [-0.15, -0.1) is 10.2 Å². The Morgan fingerprint density at radius 2 is 2.21 bits per heavy atom. The zero-order valence-electron chi connectivity index (χ0n) is 14.0. The van der Waals surface area contributed by atoms with E-state index < -0.39 is 0 Å². The lowest BCUT2D eigenvalue weighted by atomic mass is 10.2. The topological polar surface area (TPSA) is 101 Å². The Kier molecular flexibility index (Phi) is 6.92. The van der Waals surface area contributed by atoms with Crippen LogP contribution in [0.3, 0.4) is 0 Å². The second-order valence-corrected chi connectivity index (χ2v) is 7.56. The average Bonchev–Trinajstić information content (AvgIpc) is 2.99. The van der Waals surface area contributed by atoms with E-state index in [1.807, 2.05) is 13.8 Å². The van der Waals surface area contributed by atoms with Gasteiger partial charge < -0.3 is 4.98 Å². The summed E-state index contributed by atoms with van der Waals surface area (Å²) in [4.78, 5) is 30.7. The van der Waals surface area contributed by atoms with Gasteiger partial charge in [0, 0.05) is 17.7 Å². The fourth-order valence-electron chi connectivity index (χ4n) is 1.85. The molecule has 0 spiro atoms. The van der Waals surface area contributed by atoms with E-state index in [0.717, 1.165) is 30.0 Å². The SMILES string of the molecule is CCCCc1cc(=O)[nH]c(SCC(=O)Nc2nnc(C(C)C)s2)n1. The van der Waals surface area contributed by atoms with Gasteiger partial charge in [0.2, 0.25) is 11.0 Å². The number of aromatic amines is 1. The number of anilines is 1. The lowest BCUT2D eigenvalue weighted by molar-refractivity contribution is -0.113. The van der Waals surface area contributed by atoms with Gasteiger partial charge in [0.05, 0.1) is 5.75 Å². The highest BCUT2D eigenvalue weighted by atomic mass is 32.2. The molecule has 0 aromatic carbocycles. The Labute approximate surface area is 148 Å². The lowest BCUT2D eigenvalue weighted by Gasteiger charge is -2.04. The van der Waals surface area contributed by atoms with Crippen LogP contribution in [0.15, 0.2) is 16.0 Å². The van der Waals surface area contributed by atoms with Gasteiger partial charge >= 0.3 is 0 Å². The molecule has 0 aliphatic rings. The minimum Gasteiger partial charge on any atom is -0.301 e. The van der Waals surface area contributed by atoms with Crippen molar-refractivity contribution in [3.05, 3.63) is 27.1 Å². The highest BCUT2D eigenvalue weighted by Crippen LogP contribution is 2.22. The number of hydrogen-bond donors (Lipinski definition) is 2. The minimum absolute atomic E-state index is 0.150. The van der Waals surface area contributed by atoms with E-state index in [1.54, 1.807) is 0 Å². The number of H-pyrrole nitrogens is 1. The van der Waals surface area contributed by atoms with Crippen molar-refractivity contribution in [3.63, 3.8) is 0 Å². The molecule has 130 valence electrons. The van der Waals surface area contributed by atoms with Crippen molar-refractivity contribution in [2.75, 3.05) is 11.1 Å². The summed E-state index contributed by atoms with van der Waals surface area (Å²) in [5, 5.41) is 12.5. The van der Waals surface area contributed by atoms with Crippen LogP contribution >= 0.6 is 23.1 Å². The molecular formula is C15H21N5O2S2. The van der Waals surface area contributed by atoms with Gasteiger partial charge in [0.1, 0.15) is 5.01 Å². The summed E-state index contributed by atoms with van der Waals surface area (Å²) in [6.45, 7) is 6.14. The van der Waals surface area contributed by atoms with E-state index in [-0.39, 0.29) is 23.1 Å². The molecule has 7 nitrogen and oxygen atoms in total. The maximum Gasteiger partial charge on any atom is 0.251 e. The summed E-state index contributed by atoms with van der Waals surface area (Å²) >= 11 is 2.57. The summed E-state index contributed by atoms with van der Waals surface area (Å²) in [7, 11) is 0. The normalized spacial score (nSPS) is 11.0. The number of carbonyl (C=O) groups excluding carboxylic acids is 1. The Hall–Kier alpha value is -1.74. The third-order valence-corrected chi connectivity index (χ3v) is 5.09. The molecule has 0 radical (unpaired) electrons. The molecule has 0 fully saturated rings. The molecule has 0 aliphatic heterocycles. The molecule has 0 saturated heterocycles. The van der Waals surface area contributed by atoms with E-state index in [9.17, 15) is 9.59 Å². The van der Waals surface area contributed by atoms with Gasteiger partial charge in [-0.2, -0.15) is 0 Å². The molecular weight excluding hydrogens is 346 g/mol. The summed E-state index contributed by atoms with van der Waals surface area (Å²) < 4.78 is 0. The van der Waals surface area contributed by atoms with Crippen LogP contribution in [0.1, 0.15) is 50.2 Å². The van der Waals surface area contributed by atoms with Crippen molar-refractivity contribution in [2.45, 2.75) is 51.1 Å². The van der Waals surface area contributed by atoms with E-state index >= 15 is 0 Å². The van der Waals surface area contributed by atoms with Crippen LogP contribution in [0.25, 0.3) is 0 Å². The van der Waals surface area contributed by atoms with Crippen LogP contribution in [-0.2, 0) is 11.2 Å². The fourth-order valence-corrected chi connectivity index (χ4v) is 3.30. The Morgan fingerprint density at radius 1 is 1.42 bits per heavy atom. The molecule has 0 saturated carbocycles. The quantitative estimate of drug-likeness (QED) is 0.550. The number of rotatable bonds is 8. The number of thioether (sulfide) groups is 1. The number of aryl methyl sites for hydroxylation is 1. The van der Waals surface area contributed by atoms with E-state index in [4.69, 9.17) is 0 Å². The summed E-state index contributed by atoms with van der Waals surface area (Å²) in [6, 6.07) is 1.51. The van der Waals surface area contributed by atoms with Gasteiger partial charge in [-0.1, -0.05) is 50.3 Å². The third-order valence-electron chi connectivity index (χ3n) is 3.08. The van der Waals surface area contributed by atoms with Crippen LogP contribution in [0, 0.1) is 0 Å². The standard InChI is InChI=1S/C15H21N5O2S2/c1-4-5-6-10-7-11(21)17-14(16-10)23-8-12(22)18-15-20-19-13(24-15)9(2)3/h7,9H,4-6,8H2,1-3H3,(H,16,17,21)(H,18,20,22). The molecule has 2 aromatic heterocycles. The molecule has 2 aromatic rings. The third kappa shape index (κ3) is 5.72. The Balaban J connectivity index is 1.91. The number of hydrogen-bond acceptors (Lipinski definition) is 7. The number of amides is 1. The molecule has 0 atom stereocenters. The molecule has 1 amide bonds. The van der Waals surface area contributed by atoms with Gasteiger partial charge in [-0.25, -0.2) is 4.98 Å². The number of aromatic nitrogens is 4. The molecule has 2 rings (SSSR count). The summed E-state index contributed by atoms with van der Waals surface area (Å²) in [5.41, 5.74) is 0.568. The van der Waals surface area contributed by atoms with Crippen LogP contribution < -0.4 is 10.9 Å². The molecule has 0 unspecified atom stereocenters. The first-order valence-electron chi connectivity index (χ1n) is 7.84. The van der Waals surface area contributed by atoms with Crippen LogP contribution in [0.5, 0.6) is 0 Å². The maximum atomic E-state index is 12.0. The van der Waals surface area contributed by atoms with Gasteiger partial charge in [-0.3, -0.25) is 14.9 Å². The monoisotopic (exact) mass is 367 g/mol. The van der Waals surface area contributed by atoms with Crippen LogP contribution in [0.4, 0.5) is 5.13 Å². The number of carbonyl (C=O) groups is 1. The summed E-state index contributed by atoms with van der Waals surface area (Å²) in [5.74, 6) is 0.229. The lowest BCUT2D eigenvalue weighted by Crippen LogP contribution is -2.15. The van der Waals surface area contributed by atoms with E-state index in [0.29, 0.717) is 10.3 Å². The fraction of sp³-hybridized carbons (Fsp3) is 0.533. The maximum absolute atomic E-state index is 12.0. The van der Waals surface area contributed by atoms with Crippen molar-refractivity contribution in [3.8, 4) is 0 Å². The van der Waals surface area contributed by atoms with Crippen LogP contribution in [-0.4, -0.2) is 31.8 Å². The highest BCUT2D eigenvalue weighted by Gasteiger charge is 2.11. The van der Waals surface area contributed by atoms with E-state index in [1.165, 1.54) is 29.2 Å². The van der Waals surface area contributed by atoms with Gasteiger partial charge in [0.25, 0.3) is 5.56 Å². The van der Waals surface area contributed by atoms with Crippen molar-refractivity contribution in [1.29, 1.82) is 0 Å². The molecule has 2 N–H and O–H groups in total. The average molecular weight is 368 g/mol. The zero-order valence-corrected chi connectivity index (χ0v) is 15.6. The van der Waals surface area contributed by atoms with Gasteiger partial charge in [0.15, 0.2) is 5.16 Å². The van der Waals surface area contributed by atoms with Crippen molar-refractivity contribution < 1.29 is 4.79 Å². The molecule has 0 aliphatic carbocycles. The predicted octanol–water partition coefficient (Wildman–Crippen LogP) is 2.82. The summed E-state index contributed by atoms with van der Waals surface area (Å²) in [6.07, 6.45) is 2.79. The van der Waals surface area contributed by atoms with Gasteiger partial charge in [-0.05, 0) is 12.8 Å². The molecule has 2 heterocycles. The first-order valence-corrected chi connectivity index (χ1v) is 9.64. The number of nitrogens with one attached hydrogen (secondary N) is 2. The predicted molar refractivity (Wildman–Crippen MR) is 96.8 cm³/mol. The molecule has 0 bridgehead atoms. The number of unbranched alkanes of at least 4 members (excludes halogenated alkanes) is 1. The Bertz CT molecular complexity index is 741. The molecule has 9 heteroatoms. The zero-order chi connectivity index (χ0) is 17.5. The number of nitrogens with zero attached hydrogens (tertiary/aromatic N) is 3. The van der Waals surface area contributed by atoms with E-state index in [2.05, 4.69) is 32.4 Å². The minimum atomic E-state index is -0.201. The largest absolute Gasteiger partial charge is 0.301 e. The second kappa shape index (κ2) is 8.93. The second-order valence-electron chi connectivity index (χ2n) is 5.58. The Morgan fingerprint density at radius 3 is 2.88 bits per heavy atom. The van der Waals surface area contributed by atoms with Crippen LogP contribution in [0.2, 0.25) is 0 Å². The molecule has 24 heavy (non-hydrogen) atoms. The smallest absolute Gasteiger partial charge is 0.251 e. The first kappa shape index (κ1) is 18.6. The van der Waals surface area contributed by atoms with Crippen molar-refractivity contribution >= 4 is 34.1 Å². The van der Waals surface area contributed by atoms with Crippen molar-refractivity contribution in [2.24, 2.45) is 0 Å². The highest BCUT2D eigenvalue weighted by molar-refractivity contribution is 7.99. The van der Waals surface area contributed by atoms with Crippen molar-refractivity contribution in [1.82, 2.24) is 20.2 Å².